The summed E-state index contributed by atoms with van der Waals surface area (Å²) in [5.41, 5.74) is 8.46. The van der Waals surface area contributed by atoms with Crippen LogP contribution >= 0.6 is 23.2 Å². The third kappa shape index (κ3) is 2.53. The van der Waals surface area contributed by atoms with Crippen LogP contribution in [0.5, 0.6) is 5.88 Å². The number of nitrogens with one attached hydrogen (secondary N) is 1. The van der Waals surface area contributed by atoms with E-state index in [2.05, 4.69) is 16.3 Å². The van der Waals surface area contributed by atoms with Crippen molar-refractivity contribution in [1.29, 1.82) is 5.26 Å². The highest BCUT2D eigenvalue weighted by atomic mass is 35.5. The molecule has 3 aromatic rings. The van der Waals surface area contributed by atoms with Gasteiger partial charge in [0.25, 0.3) is 0 Å². The van der Waals surface area contributed by atoms with Gasteiger partial charge >= 0.3 is 0 Å². The summed E-state index contributed by atoms with van der Waals surface area (Å²) in [5.74, 6) is 1.02. The molecule has 0 radical (unpaired) electrons. The van der Waals surface area contributed by atoms with Gasteiger partial charge in [-0.05, 0) is 37.3 Å². The lowest BCUT2D eigenvalue weighted by Crippen LogP contribution is -2.20. The van der Waals surface area contributed by atoms with Gasteiger partial charge in [0.1, 0.15) is 23.2 Å². The molecule has 0 spiro atoms. The van der Waals surface area contributed by atoms with E-state index >= 15 is 0 Å². The molecular formula is C18H12Cl2N4O2. The zero-order valence-corrected chi connectivity index (χ0v) is 15.0. The largest absolute Gasteiger partial charge is 0.460 e. The number of fused-ring (bicyclic) bond motifs is 1. The topological polar surface area (TPSA) is 101 Å². The van der Waals surface area contributed by atoms with Gasteiger partial charge in [-0.3, -0.25) is 5.10 Å². The Morgan fingerprint density at radius 3 is 2.77 bits per heavy atom. The first-order valence-corrected chi connectivity index (χ1v) is 8.42. The summed E-state index contributed by atoms with van der Waals surface area (Å²) >= 11 is 12.1. The fourth-order valence-electron chi connectivity index (χ4n) is 3.00. The molecular weight excluding hydrogens is 375 g/mol. The monoisotopic (exact) mass is 386 g/mol. The van der Waals surface area contributed by atoms with Crippen LogP contribution in [0, 0.1) is 18.3 Å². The van der Waals surface area contributed by atoms with E-state index in [0.29, 0.717) is 27.4 Å². The van der Waals surface area contributed by atoms with E-state index in [-0.39, 0.29) is 11.5 Å². The summed E-state index contributed by atoms with van der Waals surface area (Å²) in [6.07, 6.45) is 0. The van der Waals surface area contributed by atoms with E-state index in [0.717, 1.165) is 16.8 Å². The number of H-pyrrole nitrogens is 1. The van der Waals surface area contributed by atoms with Crippen LogP contribution in [0.2, 0.25) is 10.0 Å². The van der Waals surface area contributed by atoms with Gasteiger partial charge in [-0.15, -0.1) is 5.10 Å². The molecule has 0 aliphatic carbocycles. The molecule has 0 saturated heterocycles. The summed E-state index contributed by atoms with van der Waals surface area (Å²) in [6, 6.07) is 11.0. The number of nitriles is 1. The number of furan rings is 1. The second-order valence-corrected chi connectivity index (χ2v) is 6.64. The van der Waals surface area contributed by atoms with Gasteiger partial charge in [-0.2, -0.15) is 5.26 Å². The molecule has 130 valence electrons. The zero-order chi connectivity index (χ0) is 18.4. The molecule has 0 saturated carbocycles. The first-order chi connectivity index (χ1) is 12.5. The minimum absolute atomic E-state index is 0.0176. The van der Waals surface area contributed by atoms with E-state index < -0.39 is 5.92 Å². The average Bonchev–Trinajstić information content (AvgIpc) is 3.24. The van der Waals surface area contributed by atoms with E-state index in [4.69, 9.17) is 38.1 Å². The van der Waals surface area contributed by atoms with Gasteiger partial charge in [-0.1, -0.05) is 23.2 Å². The number of rotatable bonds is 2. The number of hydrogen-bond acceptors (Lipinski definition) is 5. The van der Waals surface area contributed by atoms with Crippen molar-refractivity contribution < 1.29 is 9.15 Å². The van der Waals surface area contributed by atoms with Crippen LogP contribution < -0.4 is 10.5 Å². The van der Waals surface area contributed by atoms with Crippen LogP contribution in [0.4, 0.5) is 0 Å². The van der Waals surface area contributed by atoms with Crippen molar-refractivity contribution in [2.45, 2.75) is 12.8 Å². The van der Waals surface area contributed by atoms with Crippen LogP contribution in [0.3, 0.4) is 0 Å². The molecule has 1 aliphatic heterocycles. The third-order valence-electron chi connectivity index (χ3n) is 4.24. The number of benzene rings is 1. The first-order valence-electron chi connectivity index (χ1n) is 7.67. The molecule has 8 heteroatoms. The van der Waals surface area contributed by atoms with Crippen molar-refractivity contribution in [3.05, 3.63) is 68.9 Å². The summed E-state index contributed by atoms with van der Waals surface area (Å²) in [4.78, 5) is 0. The second-order valence-electron chi connectivity index (χ2n) is 5.82. The summed E-state index contributed by atoms with van der Waals surface area (Å²) in [5, 5.41) is 17.4. The lowest BCUT2D eigenvalue weighted by Gasteiger charge is -2.21. The predicted molar refractivity (Wildman–Crippen MR) is 96.8 cm³/mol. The van der Waals surface area contributed by atoms with Gasteiger partial charge in [-0.25, -0.2) is 0 Å². The Labute approximate surface area is 158 Å². The Kier molecular flexibility index (Phi) is 3.91. The van der Waals surface area contributed by atoms with Crippen LogP contribution in [-0.4, -0.2) is 10.2 Å². The fraction of sp³-hybridized carbons (Fsp3) is 0.111. The molecule has 0 bridgehead atoms. The van der Waals surface area contributed by atoms with Crippen LogP contribution in [0.1, 0.15) is 22.9 Å². The van der Waals surface area contributed by atoms with E-state index in [9.17, 15) is 5.26 Å². The van der Waals surface area contributed by atoms with Gasteiger partial charge in [0.15, 0.2) is 0 Å². The highest BCUT2D eigenvalue weighted by Crippen LogP contribution is 2.44. The Morgan fingerprint density at radius 1 is 1.23 bits per heavy atom. The molecule has 0 fully saturated rings. The zero-order valence-electron chi connectivity index (χ0n) is 13.5. The molecule has 1 aromatic carbocycles. The maximum Gasteiger partial charge on any atom is 0.244 e. The number of hydrogen-bond donors (Lipinski definition) is 2. The molecule has 3 N–H and O–H groups in total. The Bertz CT molecular complexity index is 1090. The quantitative estimate of drug-likeness (QED) is 0.674. The van der Waals surface area contributed by atoms with Gasteiger partial charge < -0.3 is 14.9 Å². The van der Waals surface area contributed by atoms with Gasteiger partial charge in [0.05, 0.1) is 21.5 Å². The molecule has 3 heterocycles. The highest BCUT2D eigenvalue weighted by molar-refractivity contribution is 6.42. The number of halogens is 2. The van der Waals surface area contributed by atoms with Gasteiger partial charge in [0.2, 0.25) is 11.8 Å². The molecule has 0 amide bonds. The average molecular weight is 387 g/mol. The van der Waals surface area contributed by atoms with E-state index in [1.54, 1.807) is 18.2 Å². The SMILES string of the molecule is Cc1[nH]nc2c1[C@@H](c1ccc(-c3ccc(Cl)c(Cl)c3)o1)C(C#N)=C(N)O2. The predicted octanol–water partition coefficient (Wildman–Crippen LogP) is 4.50. The molecule has 6 nitrogen and oxygen atoms in total. The third-order valence-corrected chi connectivity index (χ3v) is 4.98. The lowest BCUT2D eigenvalue weighted by atomic mass is 9.88. The number of allylic oxidation sites excluding steroid dienone is 1. The Hall–Kier alpha value is -2.88. The number of aromatic nitrogens is 2. The Balaban J connectivity index is 1.83. The molecule has 26 heavy (non-hydrogen) atoms. The molecule has 1 atom stereocenters. The Morgan fingerprint density at radius 2 is 2.04 bits per heavy atom. The van der Waals surface area contributed by atoms with Crippen LogP contribution in [0.15, 0.2) is 46.2 Å². The molecule has 4 rings (SSSR count). The van der Waals surface area contributed by atoms with Crippen LogP contribution in [0.25, 0.3) is 11.3 Å². The maximum atomic E-state index is 9.57. The van der Waals surface area contributed by atoms with E-state index in [1.807, 2.05) is 19.1 Å². The smallest absolute Gasteiger partial charge is 0.244 e. The summed E-state index contributed by atoms with van der Waals surface area (Å²) in [6.45, 7) is 1.85. The van der Waals surface area contributed by atoms with Crippen molar-refractivity contribution in [2.24, 2.45) is 5.73 Å². The molecule has 0 unspecified atom stereocenters. The van der Waals surface area contributed by atoms with Crippen molar-refractivity contribution in [3.63, 3.8) is 0 Å². The van der Waals surface area contributed by atoms with Gasteiger partial charge in [0, 0.05) is 11.3 Å². The molecule has 1 aliphatic rings. The first kappa shape index (κ1) is 16.6. The van der Waals surface area contributed by atoms with Crippen LogP contribution in [-0.2, 0) is 0 Å². The van der Waals surface area contributed by atoms with Crippen molar-refractivity contribution in [2.75, 3.05) is 0 Å². The highest BCUT2D eigenvalue weighted by Gasteiger charge is 2.36. The second kappa shape index (κ2) is 6.13. The number of nitrogens with zero attached hydrogens (tertiary/aromatic N) is 2. The number of nitrogens with two attached hydrogens (primary N) is 1. The van der Waals surface area contributed by atoms with Crippen molar-refractivity contribution >= 4 is 23.2 Å². The standard InChI is InChI=1S/C18H12Cl2N4O2/c1-8-15-16(10(7-21)17(22)26-18(15)24-23-8)14-5-4-13(25-14)9-2-3-11(19)12(20)6-9/h2-6,16H,22H2,1H3,(H,23,24)/t16-/m1/s1. The molecule has 2 aromatic heterocycles. The number of aromatic amines is 1. The maximum absolute atomic E-state index is 9.57. The minimum Gasteiger partial charge on any atom is -0.460 e. The summed E-state index contributed by atoms with van der Waals surface area (Å²) < 4.78 is 11.5. The fourth-order valence-corrected chi connectivity index (χ4v) is 3.29. The number of aryl methyl sites for hydroxylation is 1. The minimum atomic E-state index is -0.501. The van der Waals surface area contributed by atoms with E-state index in [1.165, 1.54) is 0 Å². The van der Waals surface area contributed by atoms with Crippen molar-refractivity contribution in [3.8, 4) is 23.3 Å². The van der Waals surface area contributed by atoms with Crippen molar-refractivity contribution in [1.82, 2.24) is 10.2 Å². The normalized spacial score (nSPS) is 16.2. The number of ether oxygens (including phenoxy) is 1. The lowest BCUT2D eigenvalue weighted by molar-refractivity contribution is 0.371. The summed E-state index contributed by atoms with van der Waals surface area (Å²) in [7, 11) is 0.